The number of carbonyl (C=O) groups excluding carboxylic acids is 1. The van der Waals surface area contributed by atoms with E-state index in [1.54, 1.807) is 0 Å². The van der Waals surface area contributed by atoms with Gasteiger partial charge in [0.05, 0.1) is 18.8 Å². The topological polar surface area (TPSA) is 55.6 Å². The highest BCUT2D eigenvalue weighted by Gasteiger charge is 2.38. The Bertz CT molecular complexity index is 309. The molecule has 1 amide bonds. The van der Waals surface area contributed by atoms with Gasteiger partial charge < -0.3 is 15.4 Å². The Morgan fingerprint density at radius 3 is 2.56 bits per heavy atom. The number of hydrogen-bond acceptors (Lipinski definition) is 3. The average Bonchev–Trinajstić information content (AvgIpc) is 2.28. The van der Waals surface area contributed by atoms with Crippen molar-refractivity contribution >= 4 is 5.91 Å². The van der Waals surface area contributed by atoms with E-state index in [4.69, 9.17) is 10.5 Å². The Labute approximate surface area is 110 Å². The highest BCUT2D eigenvalue weighted by Crippen LogP contribution is 2.30. The second kappa shape index (κ2) is 5.17. The van der Waals surface area contributed by atoms with Crippen molar-refractivity contribution in [1.82, 2.24) is 4.90 Å². The van der Waals surface area contributed by atoms with Crippen molar-refractivity contribution < 1.29 is 9.53 Å². The minimum absolute atomic E-state index is 0.194. The third-order valence-corrected chi connectivity index (χ3v) is 4.30. The summed E-state index contributed by atoms with van der Waals surface area (Å²) in [6.07, 6.45) is 6.06. The van der Waals surface area contributed by atoms with Crippen LogP contribution in [0.4, 0.5) is 0 Å². The number of ether oxygens (including phenoxy) is 1. The molecule has 18 heavy (non-hydrogen) atoms. The van der Waals surface area contributed by atoms with Crippen LogP contribution >= 0.6 is 0 Å². The summed E-state index contributed by atoms with van der Waals surface area (Å²) < 4.78 is 5.46. The Morgan fingerprint density at radius 1 is 1.28 bits per heavy atom. The van der Waals surface area contributed by atoms with Crippen LogP contribution in [0.15, 0.2) is 0 Å². The maximum absolute atomic E-state index is 12.5. The minimum Gasteiger partial charge on any atom is -0.377 e. The summed E-state index contributed by atoms with van der Waals surface area (Å²) in [5, 5.41) is 0. The maximum atomic E-state index is 12.5. The van der Waals surface area contributed by atoms with Gasteiger partial charge in [0.2, 0.25) is 5.91 Å². The normalized spacial score (nSPS) is 26.9. The van der Waals surface area contributed by atoms with Crippen LogP contribution in [-0.4, -0.2) is 41.6 Å². The molecule has 0 bridgehead atoms. The molecule has 1 saturated heterocycles. The molecule has 0 unspecified atom stereocenters. The molecular formula is C14H26N2O2. The van der Waals surface area contributed by atoms with Crippen LogP contribution in [0.1, 0.15) is 52.4 Å². The Hall–Kier alpha value is -0.610. The largest absolute Gasteiger partial charge is 0.377 e. The van der Waals surface area contributed by atoms with Crippen molar-refractivity contribution in [2.75, 3.05) is 19.8 Å². The van der Waals surface area contributed by atoms with E-state index in [-0.39, 0.29) is 17.0 Å². The molecule has 0 spiro atoms. The third-order valence-electron chi connectivity index (χ3n) is 4.30. The van der Waals surface area contributed by atoms with Gasteiger partial charge in [-0.25, -0.2) is 0 Å². The predicted molar refractivity (Wildman–Crippen MR) is 71.2 cm³/mol. The number of nitrogens with two attached hydrogens (primary N) is 1. The average molecular weight is 254 g/mol. The van der Waals surface area contributed by atoms with E-state index in [2.05, 4.69) is 13.8 Å². The number of amides is 1. The zero-order chi connectivity index (χ0) is 13.2. The molecule has 104 valence electrons. The molecule has 2 fully saturated rings. The molecule has 4 nitrogen and oxygen atoms in total. The standard InChI is InChI=1S/C14H26N2O2/c1-13(2)11-18-9-8-16(13)12(17)10-14(15)6-4-3-5-7-14/h3-11,15H2,1-2H3. The lowest BCUT2D eigenvalue weighted by molar-refractivity contribution is -0.147. The van der Waals surface area contributed by atoms with Gasteiger partial charge in [0.25, 0.3) is 0 Å². The number of hydrogen-bond donors (Lipinski definition) is 1. The van der Waals surface area contributed by atoms with Crippen LogP contribution in [-0.2, 0) is 9.53 Å². The molecule has 1 saturated carbocycles. The highest BCUT2D eigenvalue weighted by atomic mass is 16.5. The van der Waals surface area contributed by atoms with E-state index in [0.717, 1.165) is 25.7 Å². The van der Waals surface area contributed by atoms with Crippen LogP contribution in [0.25, 0.3) is 0 Å². The van der Waals surface area contributed by atoms with Gasteiger partial charge >= 0.3 is 0 Å². The fraction of sp³-hybridized carbons (Fsp3) is 0.929. The highest BCUT2D eigenvalue weighted by molar-refractivity contribution is 5.78. The molecule has 0 aromatic carbocycles. The fourth-order valence-electron chi connectivity index (χ4n) is 3.15. The lowest BCUT2D eigenvalue weighted by atomic mass is 9.79. The zero-order valence-corrected chi connectivity index (χ0v) is 11.7. The van der Waals surface area contributed by atoms with Crippen molar-refractivity contribution in [3.63, 3.8) is 0 Å². The molecule has 0 radical (unpaired) electrons. The van der Waals surface area contributed by atoms with Crippen LogP contribution in [0.2, 0.25) is 0 Å². The quantitative estimate of drug-likeness (QED) is 0.815. The third kappa shape index (κ3) is 3.04. The number of nitrogens with zero attached hydrogens (tertiary/aromatic N) is 1. The molecule has 1 aliphatic carbocycles. The summed E-state index contributed by atoms with van der Waals surface area (Å²) in [5.41, 5.74) is 5.92. The molecule has 0 aromatic heterocycles. The summed E-state index contributed by atoms with van der Waals surface area (Å²) in [6, 6.07) is 0. The molecular weight excluding hydrogens is 228 g/mol. The van der Waals surface area contributed by atoms with E-state index < -0.39 is 0 Å². The summed E-state index contributed by atoms with van der Waals surface area (Å²) in [5.74, 6) is 0.202. The SMILES string of the molecule is CC1(C)COCCN1C(=O)CC1(N)CCCCC1. The molecule has 2 aliphatic rings. The van der Waals surface area contributed by atoms with Gasteiger partial charge in [-0.1, -0.05) is 19.3 Å². The number of morpholine rings is 1. The lowest BCUT2D eigenvalue weighted by Crippen LogP contribution is -2.57. The van der Waals surface area contributed by atoms with Crippen molar-refractivity contribution in [3.8, 4) is 0 Å². The van der Waals surface area contributed by atoms with Gasteiger partial charge in [-0.2, -0.15) is 0 Å². The fourth-order valence-corrected chi connectivity index (χ4v) is 3.15. The van der Waals surface area contributed by atoms with Gasteiger partial charge in [0.15, 0.2) is 0 Å². The molecule has 0 aromatic rings. The van der Waals surface area contributed by atoms with Crippen molar-refractivity contribution in [2.45, 2.75) is 63.5 Å². The van der Waals surface area contributed by atoms with Crippen molar-refractivity contribution in [3.05, 3.63) is 0 Å². The predicted octanol–water partition coefficient (Wildman–Crippen LogP) is 1.68. The van der Waals surface area contributed by atoms with Crippen LogP contribution < -0.4 is 5.73 Å². The van der Waals surface area contributed by atoms with E-state index >= 15 is 0 Å². The Balaban J connectivity index is 1.98. The van der Waals surface area contributed by atoms with Crippen LogP contribution in [0.5, 0.6) is 0 Å². The molecule has 2 N–H and O–H groups in total. The van der Waals surface area contributed by atoms with Crippen molar-refractivity contribution in [1.29, 1.82) is 0 Å². The maximum Gasteiger partial charge on any atom is 0.225 e. The molecule has 1 heterocycles. The van der Waals surface area contributed by atoms with Gasteiger partial charge in [0.1, 0.15) is 0 Å². The van der Waals surface area contributed by atoms with E-state index in [9.17, 15) is 4.79 Å². The Kier molecular flexibility index (Phi) is 3.97. The first-order valence-corrected chi connectivity index (χ1v) is 7.10. The molecule has 2 rings (SSSR count). The van der Waals surface area contributed by atoms with Gasteiger partial charge in [-0.05, 0) is 26.7 Å². The van der Waals surface area contributed by atoms with E-state index in [1.807, 2.05) is 4.90 Å². The van der Waals surface area contributed by atoms with Crippen LogP contribution in [0.3, 0.4) is 0 Å². The molecule has 1 aliphatic heterocycles. The lowest BCUT2D eigenvalue weighted by Gasteiger charge is -2.44. The van der Waals surface area contributed by atoms with Gasteiger partial charge in [-0.3, -0.25) is 4.79 Å². The monoisotopic (exact) mass is 254 g/mol. The first-order valence-electron chi connectivity index (χ1n) is 7.10. The zero-order valence-electron chi connectivity index (χ0n) is 11.7. The second-order valence-electron chi connectivity index (χ2n) is 6.51. The van der Waals surface area contributed by atoms with Gasteiger partial charge in [0, 0.05) is 18.5 Å². The first kappa shape index (κ1) is 13.8. The number of carbonyl (C=O) groups is 1. The summed E-state index contributed by atoms with van der Waals surface area (Å²) in [4.78, 5) is 14.4. The van der Waals surface area contributed by atoms with Crippen LogP contribution in [0, 0.1) is 0 Å². The summed E-state index contributed by atoms with van der Waals surface area (Å²) in [6.45, 7) is 6.09. The second-order valence-corrected chi connectivity index (χ2v) is 6.51. The Morgan fingerprint density at radius 2 is 1.94 bits per heavy atom. The minimum atomic E-state index is -0.260. The van der Waals surface area contributed by atoms with E-state index in [0.29, 0.717) is 26.2 Å². The number of rotatable bonds is 2. The van der Waals surface area contributed by atoms with Crippen molar-refractivity contribution in [2.24, 2.45) is 5.73 Å². The smallest absolute Gasteiger partial charge is 0.225 e. The summed E-state index contributed by atoms with van der Waals surface area (Å²) in [7, 11) is 0. The van der Waals surface area contributed by atoms with Gasteiger partial charge in [-0.15, -0.1) is 0 Å². The summed E-state index contributed by atoms with van der Waals surface area (Å²) >= 11 is 0. The first-order chi connectivity index (χ1) is 8.43. The molecule has 4 heteroatoms. The van der Waals surface area contributed by atoms with E-state index in [1.165, 1.54) is 6.42 Å². The molecule has 0 atom stereocenters.